The molecule has 90 valence electrons. The van der Waals surface area contributed by atoms with Crippen molar-refractivity contribution in [2.45, 2.75) is 26.3 Å². The van der Waals surface area contributed by atoms with Gasteiger partial charge in [-0.15, -0.1) is 0 Å². The molecule has 0 aliphatic carbocycles. The first-order valence-electron chi connectivity index (χ1n) is 5.91. The zero-order valence-electron chi connectivity index (χ0n) is 10.2. The third-order valence-corrected chi connectivity index (χ3v) is 2.90. The summed E-state index contributed by atoms with van der Waals surface area (Å²) in [7, 11) is 0. The average Bonchev–Trinajstić information content (AvgIpc) is 2.29. The molecule has 0 radical (unpaired) electrons. The molecular weight excluding hydrogens is 212 g/mol. The molecule has 0 aliphatic rings. The summed E-state index contributed by atoms with van der Waals surface area (Å²) in [5, 5.41) is 10.5. The Balaban J connectivity index is 2.51. The highest BCUT2D eigenvalue weighted by Gasteiger charge is 2.13. The van der Waals surface area contributed by atoms with Crippen molar-refractivity contribution >= 4 is 10.9 Å². The van der Waals surface area contributed by atoms with Crippen LogP contribution in [0.1, 0.15) is 31.9 Å². The van der Waals surface area contributed by atoms with Crippen LogP contribution >= 0.6 is 0 Å². The number of rotatable bonds is 3. The lowest BCUT2D eigenvalue weighted by atomic mass is 9.95. The van der Waals surface area contributed by atoms with Gasteiger partial charge < -0.3 is 10.8 Å². The second kappa shape index (κ2) is 4.72. The predicted octanol–water partition coefficient (Wildman–Crippen LogP) is 2.99. The van der Waals surface area contributed by atoms with E-state index in [1.165, 1.54) is 0 Å². The molecule has 3 heteroatoms. The number of benzene rings is 1. The van der Waals surface area contributed by atoms with Gasteiger partial charge >= 0.3 is 0 Å². The van der Waals surface area contributed by atoms with Crippen LogP contribution in [0.3, 0.4) is 0 Å². The quantitative estimate of drug-likeness (QED) is 0.852. The summed E-state index contributed by atoms with van der Waals surface area (Å²) < 4.78 is 0. The average molecular weight is 230 g/mol. The van der Waals surface area contributed by atoms with Crippen LogP contribution in [0.5, 0.6) is 5.75 Å². The molecule has 1 heterocycles. The van der Waals surface area contributed by atoms with E-state index in [1.807, 2.05) is 18.2 Å². The van der Waals surface area contributed by atoms with Gasteiger partial charge in [-0.25, -0.2) is 0 Å². The van der Waals surface area contributed by atoms with Gasteiger partial charge in [0.15, 0.2) is 0 Å². The molecule has 1 unspecified atom stereocenters. The monoisotopic (exact) mass is 230 g/mol. The van der Waals surface area contributed by atoms with E-state index in [4.69, 9.17) is 5.73 Å². The lowest BCUT2D eigenvalue weighted by molar-refractivity contribution is 0.480. The van der Waals surface area contributed by atoms with Crippen molar-refractivity contribution in [3.8, 4) is 5.75 Å². The Bertz CT molecular complexity index is 523. The van der Waals surface area contributed by atoms with Crippen molar-refractivity contribution in [2.75, 3.05) is 0 Å². The number of pyridine rings is 1. The number of fused-ring (bicyclic) bond motifs is 1. The van der Waals surface area contributed by atoms with Crippen LogP contribution in [-0.2, 0) is 0 Å². The highest BCUT2D eigenvalue weighted by Crippen LogP contribution is 2.30. The van der Waals surface area contributed by atoms with Gasteiger partial charge in [0.25, 0.3) is 0 Å². The molecule has 17 heavy (non-hydrogen) atoms. The van der Waals surface area contributed by atoms with Crippen LogP contribution in [-0.4, -0.2) is 10.1 Å². The first kappa shape index (κ1) is 11.9. The molecule has 1 atom stereocenters. The summed E-state index contributed by atoms with van der Waals surface area (Å²) in [6.07, 6.45) is 2.64. The topological polar surface area (TPSA) is 59.1 Å². The third kappa shape index (κ3) is 2.39. The SMILES string of the molecule is CC(C)CC(N)c1ccc(O)c2cccnc12. The smallest absolute Gasteiger partial charge is 0.124 e. The van der Waals surface area contributed by atoms with Crippen molar-refractivity contribution < 1.29 is 5.11 Å². The van der Waals surface area contributed by atoms with E-state index >= 15 is 0 Å². The fraction of sp³-hybridized carbons (Fsp3) is 0.357. The Kier molecular flexibility index (Phi) is 3.29. The van der Waals surface area contributed by atoms with Gasteiger partial charge in [0.2, 0.25) is 0 Å². The molecule has 1 aromatic heterocycles. The molecule has 0 saturated carbocycles. The van der Waals surface area contributed by atoms with Crippen LogP contribution in [0.2, 0.25) is 0 Å². The summed E-state index contributed by atoms with van der Waals surface area (Å²) in [5.74, 6) is 0.797. The Morgan fingerprint density at radius 3 is 2.76 bits per heavy atom. The summed E-state index contributed by atoms with van der Waals surface area (Å²) >= 11 is 0. The fourth-order valence-corrected chi connectivity index (χ4v) is 2.11. The molecule has 3 nitrogen and oxygen atoms in total. The van der Waals surface area contributed by atoms with E-state index in [0.717, 1.165) is 22.9 Å². The lowest BCUT2D eigenvalue weighted by Gasteiger charge is -2.16. The zero-order chi connectivity index (χ0) is 12.4. The van der Waals surface area contributed by atoms with E-state index in [2.05, 4.69) is 18.8 Å². The highest BCUT2D eigenvalue weighted by atomic mass is 16.3. The number of hydrogen-bond acceptors (Lipinski definition) is 3. The number of phenolic OH excluding ortho intramolecular Hbond substituents is 1. The van der Waals surface area contributed by atoms with Crippen LogP contribution in [0.15, 0.2) is 30.5 Å². The predicted molar refractivity (Wildman–Crippen MR) is 69.8 cm³/mol. The largest absolute Gasteiger partial charge is 0.507 e. The van der Waals surface area contributed by atoms with Crippen LogP contribution in [0.4, 0.5) is 0 Å². The van der Waals surface area contributed by atoms with E-state index in [-0.39, 0.29) is 11.8 Å². The standard InChI is InChI=1S/C14H18N2O/c1-9(2)8-12(15)10-5-6-13(17)11-4-3-7-16-14(10)11/h3-7,9,12,17H,8,15H2,1-2H3. The molecular formula is C14H18N2O. The number of hydrogen-bond donors (Lipinski definition) is 2. The molecule has 0 amide bonds. The molecule has 0 fully saturated rings. The summed E-state index contributed by atoms with van der Waals surface area (Å²) in [6, 6.07) is 7.22. The zero-order valence-corrected chi connectivity index (χ0v) is 10.2. The first-order chi connectivity index (χ1) is 8.09. The van der Waals surface area contributed by atoms with Crippen molar-refractivity contribution in [3.05, 3.63) is 36.0 Å². The number of aromatic nitrogens is 1. The van der Waals surface area contributed by atoms with Gasteiger partial charge in [-0.1, -0.05) is 19.9 Å². The first-order valence-corrected chi connectivity index (χ1v) is 5.91. The Morgan fingerprint density at radius 2 is 2.06 bits per heavy atom. The summed E-state index contributed by atoms with van der Waals surface area (Å²) in [4.78, 5) is 4.33. The van der Waals surface area contributed by atoms with E-state index in [9.17, 15) is 5.11 Å². The van der Waals surface area contributed by atoms with Crippen molar-refractivity contribution in [3.63, 3.8) is 0 Å². The third-order valence-electron chi connectivity index (χ3n) is 2.90. The van der Waals surface area contributed by atoms with E-state index in [0.29, 0.717) is 5.92 Å². The maximum atomic E-state index is 9.78. The van der Waals surface area contributed by atoms with Gasteiger partial charge in [0.05, 0.1) is 5.52 Å². The molecule has 0 saturated heterocycles. The van der Waals surface area contributed by atoms with Crippen LogP contribution in [0, 0.1) is 5.92 Å². The molecule has 2 rings (SSSR count). The minimum absolute atomic E-state index is 0.0343. The normalized spacial score (nSPS) is 13.2. The molecule has 0 spiro atoms. The van der Waals surface area contributed by atoms with Crippen molar-refractivity contribution in [1.82, 2.24) is 4.98 Å². The Labute approximate surface area is 101 Å². The van der Waals surface area contributed by atoms with Crippen molar-refractivity contribution in [2.24, 2.45) is 11.7 Å². The van der Waals surface area contributed by atoms with Crippen molar-refractivity contribution in [1.29, 1.82) is 0 Å². The molecule has 2 aromatic rings. The van der Waals surface area contributed by atoms with Gasteiger partial charge in [-0.3, -0.25) is 4.98 Å². The minimum Gasteiger partial charge on any atom is -0.507 e. The van der Waals surface area contributed by atoms with E-state index < -0.39 is 0 Å². The molecule has 0 aliphatic heterocycles. The van der Waals surface area contributed by atoms with E-state index in [1.54, 1.807) is 12.3 Å². The Morgan fingerprint density at radius 1 is 1.29 bits per heavy atom. The molecule has 0 bridgehead atoms. The summed E-state index contributed by atoms with van der Waals surface area (Å²) in [6.45, 7) is 4.30. The maximum absolute atomic E-state index is 9.78. The van der Waals surface area contributed by atoms with Crippen LogP contribution in [0.25, 0.3) is 10.9 Å². The van der Waals surface area contributed by atoms with Crippen LogP contribution < -0.4 is 5.73 Å². The van der Waals surface area contributed by atoms with Gasteiger partial charge in [-0.2, -0.15) is 0 Å². The minimum atomic E-state index is -0.0343. The molecule has 3 N–H and O–H groups in total. The number of nitrogens with two attached hydrogens (primary N) is 1. The molecule has 1 aromatic carbocycles. The second-order valence-electron chi connectivity index (χ2n) is 4.81. The summed E-state index contributed by atoms with van der Waals surface area (Å²) in [5.41, 5.74) is 8.00. The van der Waals surface area contributed by atoms with Gasteiger partial charge in [0.1, 0.15) is 5.75 Å². The van der Waals surface area contributed by atoms with Gasteiger partial charge in [-0.05, 0) is 36.1 Å². The number of aromatic hydroxyl groups is 1. The Hall–Kier alpha value is -1.61. The fourth-order valence-electron chi connectivity index (χ4n) is 2.11. The van der Waals surface area contributed by atoms with Gasteiger partial charge in [0, 0.05) is 17.6 Å². The lowest BCUT2D eigenvalue weighted by Crippen LogP contribution is -2.13. The second-order valence-corrected chi connectivity index (χ2v) is 4.81. The maximum Gasteiger partial charge on any atom is 0.124 e. The highest BCUT2D eigenvalue weighted by molar-refractivity contribution is 5.87. The number of nitrogens with zero attached hydrogens (tertiary/aromatic N) is 1. The number of phenols is 1.